The molecule has 0 bridgehead atoms. The fourth-order valence-corrected chi connectivity index (χ4v) is 3.93. The molecule has 8 heteroatoms. The van der Waals surface area contributed by atoms with Gasteiger partial charge in [-0.1, -0.05) is 54.6 Å². The Balaban J connectivity index is 1.86. The highest BCUT2D eigenvalue weighted by molar-refractivity contribution is 5.86. The first kappa shape index (κ1) is 32.3. The van der Waals surface area contributed by atoms with Crippen LogP contribution >= 0.6 is 0 Å². The average molecular weight is 551 g/mol. The minimum atomic E-state index is -0.818. The first-order chi connectivity index (χ1) is 19.2. The number of aliphatic hydroxyl groups is 1. The lowest BCUT2D eigenvalue weighted by atomic mass is 9.97. The Labute approximate surface area is 237 Å². The van der Waals surface area contributed by atoms with Crippen LogP contribution in [-0.2, 0) is 32.1 Å². The zero-order valence-electron chi connectivity index (χ0n) is 23.6. The third-order valence-corrected chi connectivity index (χ3v) is 6.10. The highest BCUT2D eigenvalue weighted by Gasteiger charge is 2.28. The quantitative estimate of drug-likeness (QED) is 0.189. The Kier molecular flexibility index (Phi) is 13.7. The van der Waals surface area contributed by atoms with Gasteiger partial charge in [0.2, 0.25) is 11.8 Å². The summed E-state index contributed by atoms with van der Waals surface area (Å²) >= 11 is 0. The van der Waals surface area contributed by atoms with Crippen molar-refractivity contribution in [1.82, 2.24) is 10.6 Å². The van der Waals surface area contributed by atoms with E-state index in [2.05, 4.69) is 23.8 Å². The number of rotatable bonds is 18. The topological polar surface area (TPSA) is 114 Å². The van der Waals surface area contributed by atoms with Gasteiger partial charge in [-0.2, -0.15) is 0 Å². The van der Waals surface area contributed by atoms with Crippen molar-refractivity contribution in [1.29, 1.82) is 0 Å². The maximum Gasteiger partial charge on any atom is 0.306 e. The molecule has 0 aliphatic heterocycles. The molecule has 0 spiro atoms. The van der Waals surface area contributed by atoms with Crippen LogP contribution in [0.3, 0.4) is 0 Å². The first-order valence-corrected chi connectivity index (χ1v) is 13.5. The summed E-state index contributed by atoms with van der Waals surface area (Å²) in [5.41, 5.74) is 1.18. The zero-order chi connectivity index (χ0) is 29.4. The summed E-state index contributed by atoms with van der Waals surface area (Å²) in [6.07, 6.45) is 4.61. The van der Waals surface area contributed by atoms with Crippen molar-refractivity contribution in [3.05, 3.63) is 91.0 Å². The molecule has 2 amide bonds. The molecule has 216 valence electrons. The molecule has 0 saturated carbocycles. The number of nitrogens with one attached hydrogen (secondary N) is 2. The van der Waals surface area contributed by atoms with Crippen LogP contribution in [0.4, 0.5) is 0 Å². The second-order valence-corrected chi connectivity index (χ2v) is 10.4. The third kappa shape index (κ3) is 12.3. The maximum atomic E-state index is 13.0. The predicted octanol–water partition coefficient (Wildman–Crippen LogP) is 4.27. The van der Waals surface area contributed by atoms with Crippen molar-refractivity contribution in [3.63, 3.8) is 0 Å². The molecule has 0 saturated heterocycles. The summed E-state index contributed by atoms with van der Waals surface area (Å²) in [6.45, 7) is 11.0. The fourth-order valence-electron chi connectivity index (χ4n) is 3.93. The number of ether oxygens (including phenoxy) is 2. The number of hydrogen-bond donors (Lipinski definition) is 3. The minimum Gasteiger partial charge on any atom is -0.489 e. The minimum absolute atomic E-state index is 0.00436. The van der Waals surface area contributed by atoms with Gasteiger partial charge in [0, 0.05) is 12.8 Å². The summed E-state index contributed by atoms with van der Waals surface area (Å²) < 4.78 is 11.1. The smallest absolute Gasteiger partial charge is 0.306 e. The van der Waals surface area contributed by atoms with E-state index in [1.807, 2.05) is 54.6 Å². The Hall–Kier alpha value is -3.91. The normalized spacial score (nSPS) is 12.5. The number of aliphatic hydroxyl groups excluding tert-OH is 1. The lowest BCUT2D eigenvalue weighted by Crippen LogP contribution is -2.50. The van der Waals surface area contributed by atoms with Gasteiger partial charge in [0.15, 0.2) is 0 Å². The highest BCUT2D eigenvalue weighted by atomic mass is 16.5. The van der Waals surface area contributed by atoms with Crippen molar-refractivity contribution < 1.29 is 29.0 Å². The van der Waals surface area contributed by atoms with Crippen molar-refractivity contribution in [2.24, 2.45) is 5.92 Å². The SMILES string of the molecule is C=CCCC(=O)OCC(C)(C)NC(=O)[C@H](CC=C)CC(=O)N[C@H](CO)Cc1ccc(OCc2ccccc2)cc1. The van der Waals surface area contributed by atoms with E-state index in [4.69, 9.17) is 9.47 Å². The molecule has 0 heterocycles. The molecule has 2 aromatic rings. The second kappa shape index (κ2) is 16.9. The highest BCUT2D eigenvalue weighted by Crippen LogP contribution is 2.17. The Bertz CT molecular complexity index is 1100. The van der Waals surface area contributed by atoms with Gasteiger partial charge < -0.3 is 25.2 Å². The number of allylic oxidation sites excluding steroid dienone is 2. The van der Waals surface area contributed by atoms with E-state index in [9.17, 15) is 19.5 Å². The van der Waals surface area contributed by atoms with E-state index in [1.54, 1.807) is 26.0 Å². The second-order valence-electron chi connectivity index (χ2n) is 10.4. The number of benzene rings is 2. The maximum absolute atomic E-state index is 13.0. The molecule has 40 heavy (non-hydrogen) atoms. The molecule has 2 rings (SSSR count). The number of amides is 2. The van der Waals surface area contributed by atoms with Gasteiger partial charge in [-0.05, 0) is 56.4 Å². The van der Waals surface area contributed by atoms with Gasteiger partial charge in [-0.3, -0.25) is 14.4 Å². The molecule has 0 unspecified atom stereocenters. The van der Waals surface area contributed by atoms with E-state index in [0.717, 1.165) is 16.9 Å². The summed E-state index contributed by atoms with van der Waals surface area (Å²) in [4.78, 5) is 37.6. The molecule has 0 radical (unpaired) electrons. The zero-order valence-corrected chi connectivity index (χ0v) is 23.6. The summed E-state index contributed by atoms with van der Waals surface area (Å²) in [7, 11) is 0. The molecule has 0 aliphatic rings. The van der Waals surface area contributed by atoms with Crippen LogP contribution in [0, 0.1) is 5.92 Å². The van der Waals surface area contributed by atoms with Crippen LogP contribution in [0.15, 0.2) is 79.9 Å². The van der Waals surface area contributed by atoms with E-state index in [-0.39, 0.29) is 43.8 Å². The van der Waals surface area contributed by atoms with Gasteiger partial charge >= 0.3 is 5.97 Å². The van der Waals surface area contributed by atoms with E-state index < -0.39 is 17.5 Å². The standard InChI is InChI=1S/C32H42N2O6/c1-5-7-14-30(37)40-23-32(3,4)34-31(38)26(11-6-2)20-29(36)33-27(21-35)19-24-15-17-28(18-16-24)39-22-25-12-9-8-10-13-25/h5-6,8-10,12-13,15-18,26-27,35H,1-2,7,11,14,19-23H2,3-4H3,(H,33,36)(H,34,38)/t26-,27+/m1/s1. The summed E-state index contributed by atoms with van der Waals surface area (Å²) in [5.74, 6) is -0.987. The van der Waals surface area contributed by atoms with Crippen LogP contribution in [0.2, 0.25) is 0 Å². The Morgan fingerprint density at radius 3 is 2.33 bits per heavy atom. The van der Waals surface area contributed by atoms with Crippen LogP contribution in [-0.4, -0.2) is 47.7 Å². The van der Waals surface area contributed by atoms with Crippen LogP contribution in [0.25, 0.3) is 0 Å². The molecular weight excluding hydrogens is 508 g/mol. The van der Waals surface area contributed by atoms with Crippen molar-refractivity contribution >= 4 is 17.8 Å². The molecule has 2 atom stereocenters. The molecule has 2 aromatic carbocycles. The van der Waals surface area contributed by atoms with Crippen molar-refractivity contribution in [2.45, 2.75) is 64.1 Å². The van der Waals surface area contributed by atoms with Crippen LogP contribution < -0.4 is 15.4 Å². The molecule has 0 aliphatic carbocycles. The lowest BCUT2D eigenvalue weighted by molar-refractivity contribution is -0.146. The monoisotopic (exact) mass is 550 g/mol. The number of carbonyl (C=O) groups is 3. The molecule has 0 aromatic heterocycles. The van der Waals surface area contributed by atoms with Gasteiger partial charge in [0.1, 0.15) is 19.0 Å². The molecule has 3 N–H and O–H groups in total. The molecular formula is C32H42N2O6. The van der Waals surface area contributed by atoms with Crippen LogP contribution in [0.1, 0.15) is 50.7 Å². The number of hydrogen-bond acceptors (Lipinski definition) is 6. The van der Waals surface area contributed by atoms with E-state index in [0.29, 0.717) is 25.9 Å². The largest absolute Gasteiger partial charge is 0.489 e. The number of carbonyl (C=O) groups excluding carboxylic acids is 3. The van der Waals surface area contributed by atoms with Crippen molar-refractivity contribution in [2.75, 3.05) is 13.2 Å². The van der Waals surface area contributed by atoms with Gasteiger partial charge in [-0.25, -0.2) is 0 Å². The number of esters is 1. The Morgan fingerprint density at radius 1 is 1.00 bits per heavy atom. The van der Waals surface area contributed by atoms with Gasteiger partial charge in [0.25, 0.3) is 0 Å². The summed E-state index contributed by atoms with van der Waals surface area (Å²) in [6, 6.07) is 16.9. The van der Waals surface area contributed by atoms with E-state index in [1.165, 1.54) is 0 Å². The van der Waals surface area contributed by atoms with Crippen molar-refractivity contribution in [3.8, 4) is 5.75 Å². The Morgan fingerprint density at radius 2 is 1.70 bits per heavy atom. The average Bonchev–Trinajstić information content (AvgIpc) is 2.94. The third-order valence-electron chi connectivity index (χ3n) is 6.10. The molecule has 0 fully saturated rings. The fraction of sp³-hybridized carbons (Fsp3) is 0.406. The van der Waals surface area contributed by atoms with Gasteiger partial charge in [-0.15, -0.1) is 13.2 Å². The van der Waals surface area contributed by atoms with Crippen LogP contribution in [0.5, 0.6) is 5.75 Å². The summed E-state index contributed by atoms with van der Waals surface area (Å²) in [5, 5.41) is 15.6. The first-order valence-electron chi connectivity index (χ1n) is 13.5. The molecule has 8 nitrogen and oxygen atoms in total. The van der Waals surface area contributed by atoms with Gasteiger partial charge in [0.05, 0.1) is 24.1 Å². The lowest BCUT2D eigenvalue weighted by Gasteiger charge is -2.28. The van der Waals surface area contributed by atoms with E-state index >= 15 is 0 Å². The predicted molar refractivity (Wildman–Crippen MR) is 155 cm³/mol.